The molecule has 0 bridgehead atoms. The number of hydrogen-bond donors (Lipinski definition) is 2. The molecule has 11 heteroatoms. The third-order valence-corrected chi connectivity index (χ3v) is 7.48. The number of ether oxygens (including phenoxy) is 2. The zero-order valence-corrected chi connectivity index (χ0v) is 21.0. The summed E-state index contributed by atoms with van der Waals surface area (Å²) in [5.41, 5.74) is 1.36. The Morgan fingerprint density at radius 3 is 2.24 bits per heavy atom. The summed E-state index contributed by atoms with van der Waals surface area (Å²) in [6.45, 7) is 3.45. The van der Waals surface area contributed by atoms with Crippen LogP contribution in [0.3, 0.4) is 0 Å². The number of halogens is 4. The maximum atomic E-state index is 13.8. The Balaban J connectivity index is 1.21. The zero-order valence-electron chi connectivity index (χ0n) is 21.0. The molecule has 2 N–H and O–H groups in total. The molecule has 2 fully saturated rings. The fraction of sp³-hybridized carbons (Fsp3) is 0.407. The molecule has 0 saturated carbocycles. The first-order chi connectivity index (χ1) is 18.4. The second kappa shape index (κ2) is 11.0. The molecule has 2 aliphatic heterocycles. The molecule has 0 radical (unpaired) electrons. The van der Waals surface area contributed by atoms with Crippen molar-refractivity contribution < 1.29 is 27.0 Å². The summed E-state index contributed by atoms with van der Waals surface area (Å²) in [6.07, 6.45) is 7.40. The summed E-state index contributed by atoms with van der Waals surface area (Å²) in [7, 11) is 1.64. The summed E-state index contributed by atoms with van der Waals surface area (Å²) in [4.78, 5) is 10.7. The van der Waals surface area contributed by atoms with Gasteiger partial charge in [0.2, 0.25) is 5.95 Å². The van der Waals surface area contributed by atoms with Crippen molar-refractivity contribution in [2.45, 2.75) is 32.3 Å². The van der Waals surface area contributed by atoms with Crippen LogP contribution >= 0.6 is 0 Å². The van der Waals surface area contributed by atoms with Crippen molar-refractivity contribution in [2.75, 3.05) is 43.5 Å². The van der Waals surface area contributed by atoms with Crippen molar-refractivity contribution in [2.24, 2.45) is 5.41 Å². The third kappa shape index (κ3) is 5.47. The van der Waals surface area contributed by atoms with Gasteiger partial charge in [0, 0.05) is 30.9 Å². The summed E-state index contributed by atoms with van der Waals surface area (Å²) >= 11 is 0. The summed E-state index contributed by atoms with van der Waals surface area (Å²) in [6, 6.07) is 5.96. The van der Waals surface area contributed by atoms with Gasteiger partial charge in [-0.05, 0) is 56.3 Å². The molecule has 7 nitrogen and oxygen atoms in total. The van der Waals surface area contributed by atoms with Gasteiger partial charge in [0.05, 0.1) is 30.8 Å². The van der Waals surface area contributed by atoms with Crippen molar-refractivity contribution in [1.82, 2.24) is 15.3 Å². The van der Waals surface area contributed by atoms with E-state index in [1.165, 1.54) is 38.1 Å². The van der Waals surface area contributed by atoms with Crippen LogP contribution < -0.4 is 25.0 Å². The average Bonchev–Trinajstić information content (AvgIpc) is 2.94. The Bertz CT molecular complexity index is 1250. The van der Waals surface area contributed by atoms with Crippen LogP contribution in [0.1, 0.15) is 31.2 Å². The number of methoxy groups -OCH3 is 1. The Morgan fingerprint density at radius 2 is 1.61 bits per heavy atom. The molecule has 0 atom stereocenters. The lowest BCUT2D eigenvalue weighted by molar-refractivity contribution is 0.154. The number of aromatic nitrogens is 2. The van der Waals surface area contributed by atoms with Gasteiger partial charge in [-0.15, -0.1) is 0 Å². The van der Waals surface area contributed by atoms with Crippen molar-refractivity contribution in [3.8, 4) is 11.5 Å². The van der Waals surface area contributed by atoms with Crippen LogP contribution in [0.15, 0.2) is 36.7 Å². The Kier molecular flexibility index (Phi) is 7.55. The van der Waals surface area contributed by atoms with Gasteiger partial charge < -0.3 is 25.0 Å². The Labute approximate surface area is 218 Å². The van der Waals surface area contributed by atoms with Gasteiger partial charge in [-0.25, -0.2) is 27.5 Å². The second-order valence-corrected chi connectivity index (χ2v) is 9.73. The highest BCUT2D eigenvalue weighted by Gasteiger charge is 2.36. The molecule has 1 aromatic heterocycles. The second-order valence-electron chi connectivity index (χ2n) is 9.73. The normalized spacial score (nSPS) is 16.9. The lowest BCUT2D eigenvalue weighted by atomic mass is 9.71. The highest BCUT2D eigenvalue weighted by molar-refractivity contribution is 5.67. The topological polar surface area (TPSA) is 71.5 Å². The number of rotatable bonds is 7. The van der Waals surface area contributed by atoms with E-state index in [4.69, 9.17) is 9.47 Å². The van der Waals surface area contributed by atoms with E-state index in [0.29, 0.717) is 11.1 Å². The van der Waals surface area contributed by atoms with Crippen LogP contribution in [0.2, 0.25) is 0 Å². The first-order valence-electron chi connectivity index (χ1n) is 12.5. The first kappa shape index (κ1) is 26.0. The standard InChI is InChI=1S/C27H29F4N5O2/c1-37-23-12-17(2-3-22(23)36-10-6-27(7-11-36)4-8-32-9-5-27)35-26-33-14-18(15-34-26)38-16-19-24(30)20(28)13-21(29)25(19)31/h2-3,12-15,32H,4-11,16H2,1H3,(H,33,34,35). The molecule has 0 aliphatic carbocycles. The Hall–Kier alpha value is -3.60. The third-order valence-electron chi connectivity index (χ3n) is 7.48. The van der Waals surface area contributed by atoms with E-state index in [0.717, 1.165) is 37.6 Å². The maximum Gasteiger partial charge on any atom is 0.227 e. The quantitative estimate of drug-likeness (QED) is 0.315. The molecule has 38 heavy (non-hydrogen) atoms. The van der Waals surface area contributed by atoms with Gasteiger partial charge in [0.1, 0.15) is 12.4 Å². The van der Waals surface area contributed by atoms with Gasteiger partial charge in [-0.1, -0.05) is 0 Å². The molecule has 2 saturated heterocycles. The molecule has 3 heterocycles. The van der Waals surface area contributed by atoms with E-state index >= 15 is 0 Å². The van der Waals surface area contributed by atoms with Crippen LogP contribution in [0.25, 0.3) is 0 Å². The summed E-state index contributed by atoms with van der Waals surface area (Å²) in [5, 5.41) is 6.54. The highest BCUT2D eigenvalue weighted by Crippen LogP contribution is 2.42. The number of hydrogen-bond acceptors (Lipinski definition) is 7. The molecular weight excluding hydrogens is 502 g/mol. The van der Waals surface area contributed by atoms with Crippen LogP contribution in [-0.4, -0.2) is 43.3 Å². The monoisotopic (exact) mass is 531 g/mol. The smallest absolute Gasteiger partial charge is 0.227 e. The number of benzene rings is 2. The molecule has 1 spiro atoms. The van der Waals surface area contributed by atoms with E-state index in [1.54, 1.807) is 7.11 Å². The molecular formula is C27H29F4N5O2. The molecule has 2 aromatic carbocycles. The fourth-order valence-electron chi connectivity index (χ4n) is 5.18. The maximum absolute atomic E-state index is 13.8. The Morgan fingerprint density at radius 1 is 0.947 bits per heavy atom. The largest absolute Gasteiger partial charge is 0.495 e. The van der Waals surface area contributed by atoms with Crippen molar-refractivity contribution in [1.29, 1.82) is 0 Å². The number of nitrogens with one attached hydrogen (secondary N) is 2. The van der Waals surface area contributed by atoms with E-state index in [1.807, 2.05) is 18.2 Å². The van der Waals surface area contributed by atoms with Gasteiger partial charge in [0.15, 0.2) is 29.0 Å². The number of nitrogens with zero attached hydrogens (tertiary/aromatic N) is 3. The van der Waals surface area contributed by atoms with Crippen molar-refractivity contribution in [3.63, 3.8) is 0 Å². The van der Waals surface area contributed by atoms with E-state index in [9.17, 15) is 17.6 Å². The molecule has 0 amide bonds. The van der Waals surface area contributed by atoms with Gasteiger partial charge >= 0.3 is 0 Å². The predicted molar refractivity (Wildman–Crippen MR) is 135 cm³/mol. The summed E-state index contributed by atoms with van der Waals surface area (Å²) in [5.74, 6) is -4.93. The molecule has 202 valence electrons. The van der Waals surface area contributed by atoms with E-state index in [-0.39, 0.29) is 17.8 Å². The van der Waals surface area contributed by atoms with E-state index in [2.05, 4.69) is 25.5 Å². The van der Waals surface area contributed by atoms with Gasteiger partial charge in [-0.3, -0.25) is 0 Å². The lowest BCUT2D eigenvalue weighted by Crippen LogP contribution is -2.45. The average molecular weight is 532 g/mol. The van der Waals surface area contributed by atoms with Crippen LogP contribution in [0.4, 0.5) is 34.9 Å². The number of anilines is 3. The molecule has 2 aliphatic rings. The first-order valence-corrected chi connectivity index (χ1v) is 12.5. The minimum absolute atomic E-state index is 0.0727. The van der Waals surface area contributed by atoms with Crippen LogP contribution in [0, 0.1) is 28.7 Å². The lowest BCUT2D eigenvalue weighted by Gasteiger charge is -2.45. The predicted octanol–water partition coefficient (Wildman–Crippen LogP) is 5.33. The molecule has 3 aromatic rings. The van der Waals surface area contributed by atoms with Gasteiger partial charge in [-0.2, -0.15) is 0 Å². The molecule has 5 rings (SSSR count). The minimum Gasteiger partial charge on any atom is -0.495 e. The zero-order chi connectivity index (χ0) is 26.7. The van der Waals surface area contributed by atoms with E-state index < -0.39 is 35.4 Å². The fourth-order valence-corrected chi connectivity index (χ4v) is 5.18. The van der Waals surface area contributed by atoms with Crippen LogP contribution in [0.5, 0.6) is 11.5 Å². The summed E-state index contributed by atoms with van der Waals surface area (Å²) < 4.78 is 65.3. The van der Waals surface area contributed by atoms with Crippen molar-refractivity contribution in [3.05, 3.63) is 65.5 Å². The van der Waals surface area contributed by atoms with Crippen LogP contribution in [-0.2, 0) is 6.61 Å². The molecule has 0 unspecified atom stereocenters. The van der Waals surface area contributed by atoms with Crippen molar-refractivity contribution >= 4 is 17.3 Å². The minimum atomic E-state index is -1.50. The highest BCUT2D eigenvalue weighted by atomic mass is 19.2. The van der Waals surface area contributed by atoms with Gasteiger partial charge in [0.25, 0.3) is 0 Å². The number of piperidine rings is 2. The SMILES string of the molecule is COc1cc(Nc2ncc(OCc3c(F)c(F)cc(F)c3F)cn2)ccc1N1CCC2(CCNCC2)CC1.